The van der Waals surface area contributed by atoms with Gasteiger partial charge in [0.2, 0.25) is 0 Å². The van der Waals surface area contributed by atoms with Crippen molar-refractivity contribution in [1.82, 2.24) is 14.8 Å². The Labute approximate surface area is 113 Å². The molecule has 0 aromatic carbocycles. The van der Waals surface area contributed by atoms with Gasteiger partial charge in [-0.1, -0.05) is 39.3 Å². The summed E-state index contributed by atoms with van der Waals surface area (Å²) in [5.74, 6) is 0.698. The Morgan fingerprint density at radius 1 is 1.33 bits per heavy atom. The number of aryl methyl sites for hydroxylation is 1. The lowest BCUT2D eigenvalue weighted by atomic mass is 9.91. The van der Waals surface area contributed by atoms with E-state index in [1.165, 1.54) is 0 Å². The molecule has 0 aliphatic heterocycles. The molecule has 2 aromatic heterocycles. The number of halogens is 1. The second-order valence-electron chi connectivity index (χ2n) is 5.35. The summed E-state index contributed by atoms with van der Waals surface area (Å²) in [6.45, 7) is 8.59. The summed E-state index contributed by atoms with van der Waals surface area (Å²) in [6, 6.07) is 5.79. The zero-order chi connectivity index (χ0) is 13.3. The third kappa shape index (κ3) is 2.41. The molecule has 3 nitrogen and oxygen atoms in total. The standard InChI is InChI=1S/C14H18ClN3/c1-5-10-9-12(14(2,3)4)18(17-10)13-11(15)7-6-8-16-13/h6-9H,5H2,1-4H3. The van der Waals surface area contributed by atoms with E-state index < -0.39 is 0 Å². The quantitative estimate of drug-likeness (QED) is 0.826. The summed E-state index contributed by atoms with van der Waals surface area (Å²) in [7, 11) is 0. The van der Waals surface area contributed by atoms with Crippen molar-refractivity contribution in [2.75, 3.05) is 0 Å². The van der Waals surface area contributed by atoms with E-state index in [4.69, 9.17) is 11.6 Å². The van der Waals surface area contributed by atoms with E-state index in [0.717, 1.165) is 17.8 Å². The molecule has 18 heavy (non-hydrogen) atoms. The van der Waals surface area contributed by atoms with Crippen LogP contribution in [0.5, 0.6) is 0 Å². The highest BCUT2D eigenvalue weighted by Gasteiger charge is 2.22. The van der Waals surface area contributed by atoms with E-state index in [-0.39, 0.29) is 5.41 Å². The highest BCUT2D eigenvalue weighted by Crippen LogP contribution is 2.27. The van der Waals surface area contributed by atoms with Gasteiger partial charge in [0.25, 0.3) is 0 Å². The predicted molar refractivity (Wildman–Crippen MR) is 74.4 cm³/mol. The van der Waals surface area contributed by atoms with Gasteiger partial charge >= 0.3 is 0 Å². The SMILES string of the molecule is CCc1cc(C(C)(C)C)n(-c2ncccc2Cl)n1. The Morgan fingerprint density at radius 3 is 2.61 bits per heavy atom. The molecule has 0 saturated heterocycles. The van der Waals surface area contributed by atoms with Gasteiger partial charge < -0.3 is 0 Å². The highest BCUT2D eigenvalue weighted by molar-refractivity contribution is 6.32. The summed E-state index contributed by atoms with van der Waals surface area (Å²) < 4.78 is 1.86. The van der Waals surface area contributed by atoms with E-state index in [1.807, 2.05) is 16.8 Å². The summed E-state index contributed by atoms with van der Waals surface area (Å²) >= 11 is 6.21. The first-order valence-corrected chi connectivity index (χ1v) is 6.51. The topological polar surface area (TPSA) is 30.7 Å². The fraction of sp³-hybridized carbons (Fsp3) is 0.429. The van der Waals surface area contributed by atoms with Crippen LogP contribution in [0.2, 0.25) is 5.02 Å². The minimum absolute atomic E-state index is 0.00126. The van der Waals surface area contributed by atoms with Crippen molar-refractivity contribution in [2.24, 2.45) is 0 Å². The van der Waals surface area contributed by atoms with Gasteiger partial charge in [0.05, 0.1) is 16.4 Å². The van der Waals surface area contributed by atoms with Gasteiger partial charge in [-0.05, 0) is 24.6 Å². The molecule has 0 fully saturated rings. The van der Waals surface area contributed by atoms with Crippen LogP contribution in [0.1, 0.15) is 39.1 Å². The smallest absolute Gasteiger partial charge is 0.172 e. The number of hydrogen-bond acceptors (Lipinski definition) is 2. The Morgan fingerprint density at radius 2 is 2.06 bits per heavy atom. The van der Waals surface area contributed by atoms with E-state index in [9.17, 15) is 0 Å². The van der Waals surface area contributed by atoms with Gasteiger partial charge in [0.15, 0.2) is 5.82 Å². The van der Waals surface area contributed by atoms with Crippen molar-refractivity contribution in [3.63, 3.8) is 0 Å². The van der Waals surface area contributed by atoms with Crippen LogP contribution in [0, 0.1) is 0 Å². The van der Waals surface area contributed by atoms with Gasteiger partial charge in [0, 0.05) is 11.6 Å². The Kier molecular flexibility index (Phi) is 3.44. The van der Waals surface area contributed by atoms with Crippen molar-refractivity contribution >= 4 is 11.6 Å². The maximum absolute atomic E-state index is 6.21. The molecule has 0 N–H and O–H groups in total. The van der Waals surface area contributed by atoms with Crippen molar-refractivity contribution in [1.29, 1.82) is 0 Å². The van der Waals surface area contributed by atoms with Gasteiger partial charge in [-0.2, -0.15) is 5.10 Å². The van der Waals surface area contributed by atoms with Crippen molar-refractivity contribution < 1.29 is 0 Å². The average molecular weight is 264 g/mol. The van der Waals surface area contributed by atoms with E-state index in [1.54, 1.807) is 6.20 Å². The lowest BCUT2D eigenvalue weighted by Gasteiger charge is -2.20. The minimum Gasteiger partial charge on any atom is -0.236 e. The molecule has 2 aromatic rings. The van der Waals surface area contributed by atoms with Crippen LogP contribution in [0.15, 0.2) is 24.4 Å². The molecule has 0 unspecified atom stereocenters. The summed E-state index contributed by atoms with van der Waals surface area (Å²) in [6.07, 6.45) is 2.64. The Bertz CT molecular complexity index is 552. The van der Waals surface area contributed by atoms with Crippen LogP contribution in [-0.4, -0.2) is 14.8 Å². The lowest BCUT2D eigenvalue weighted by molar-refractivity contribution is 0.540. The second kappa shape index (κ2) is 4.73. The minimum atomic E-state index is 0.00126. The Balaban J connectivity index is 2.64. The fourth-order valence-electron chi connectivity index (χ4n) is 1.83. The number of aromatic nitrogens is 3. The van der Waals surface area contributed by atoms with E-state index in [2.05, 4.69) is 43.8 Å². The molecular formula is C14H18ClN3. The van der Waals surface area contributed by atoms with E-state index >= 15 is 0 Å². The molecule has 4 heteroatoms. The highest BCUT2D eigenvalue weighted by atomic mass is 35.5. The molecule has 0 aliphatic rings. The van der Waals surface area contributed by atoms with Crippen molar-refractivity contribution in [2.45, 2.75) is 39.5 Å². The molecule has 2 heterocycles. The molecule has 0 saturated carbocycles. The molecule has 0 bridgehead atoms. The molecule has 0 spiro atoms. The number of hydrogen-bond donors (Lipinski definition) is 0. The van der Waals surface area contributed by atoms with Crippen molar-refractivity contribution in [3.05, 3.63) is 40.8 Å². The maximum atomic E-state index is 6.21. The lowest BCUT2D eigenvalue weighted by Crippen LogP contribution is -2.18. The first-order chi connectivity index (χ1) is 8.43. The van der Waals surface area contributed by atoms with E-state index in [0.29, 0.717) is 10.8 Å². The van der Waals surface area contributed by atoms with Gasteiger partial charge in [-0.3, -0.25) is 0 Å². The third-order valence-corrected chi connectivity index (χ3v) is 3.13. The number of pyridine rings is 1. The molecule has 0 amide bonds. The zero-order valence-corrected chi connectivity index (χ0v) is 12.0. The van der Waals surface area contributed by atoms with Crippen LogP contribution in [-0.2, 0) is 11.8 Å². The molecule has 0 aliphatic carbocycles. The number of rotatable bonds is 2. The van der Waals surface area contributed by atoms with Crippen LogP contribution < -0.4 is 0 Å². The Hall–Kier alpha value is -1.35. The molecular weight excluding hydrogens is 246 g/mol. The van der Waals surface area contributed by atoms with Crippen LogP contribution in [0.3, 0.4) is 0 Å². The molecule has 0 radical (unpaired) electrons. The van der Waals surface area contributed by atoms with Crippen LogP contribution >= 0.6 is 11.6 Å². The summed E-state index contributed by atoms with van der Waals surface area (Å²) in [5, 5.41) is 5.22. The largest absolute Gasteiger partial charge is 0.236 e. The predicted octanol–water partition coefficient (Wildman–Crippen LogP) is 3.78. The number of nitrogens with zero attached hydrogens (tertiary/aromatic N) is 3. The van der Waals surface area contributed by atoms with Gasteiger partial charge in [0.1, 0.15) is 0 Å². The normalized spacial score (nSPS) is 11.8. The zero-order valence-electron chi connectivity index (χ0n) is 11.2. The first kappa shape index (κ1) is 13.1. The average Bonchev–Trinajstić information content (AvgIpc) is 2.73. The first-order valence-electron chi connectivity index (χ1n) is 6.13. The summed E-state index contributed by atoms with van der Waals surface area (Å²) in [4.78, 5) is 4.34. The summed E-state index contributed by atoms with van der Waals surface area (Å²) in [5.41, 5.74) is 2.18. The second-order valence-corrected chi connectivity index (χ2v) is 5.75. The van der Waals surface area contributed by atoms with Gasteiger partial charge in [-0.25, -0.2) is 9.67 Å². The monoisotopic (exact) mass is 263 g/mol. The third-order valence-electron chi connectivity index (χ3n) is 2.83. The molecule has 2 rings (SSSR count). The van der Waals surface area contributed by atoms with Crippen LogP contribution in [0.4, 0.5) is 0 Å². The van der Waals surface area contributed by atoms with Crippen molar-refractivity contribution in [3.8, 4) is 5.82 Å². The molecule has 0 atom stereocenters. The fourth-order valence-corrected chi connectivity index (χ4v) is 2.03. The maximum Gasteiger partial charge on any atom is 0.172 e. The van der Waals surface area contributed by atoms with Gasteiger partial charge in [-0.15, -0.1) is 0 Å². The molecule has 96 valence electrons. The van der Waals surface area contributed by atoms with Crippen LogP contribution in [0.25, 0.3) is 5.82 Å².